The standard InChI is InChI=1S/C20H23N5O3/c1-14-4-9-18(27-3)17(12-14)23-20-24-19(13-22-25-20)21-10-11-28-16-7-5-15(26-2)6-8-16/h4-9,12-13H,10-11H2,1-3H3,(H2,21,23,24,25). The lowest BCUT2D eigenvalue weighted by Crippen LogP contribution is -2.13. The lowest BCUT2D eigenvalue weighted by atomic mass is 10.2. The van der Waals surface area contributed by atoms with E-state index < -0.39 is 0 Å². The van der Waals surface area contributed by atoms with Crippen LogP contribution in [0.25, 0.3) is 0 Å². The molecule has 2 aromatic carbocycles. The number of nitrogens with zero attached hydrogens (tertiary/aromatic N) is 3. The molecule has 28 heavy (non-hydrogen) atoms. The molecule has 2 N–H and O–H groups in total. The average molecular weight is 381 g/mol. The number of hydrogen-bond donors (Lipinski definition) is 2. The quantitative estimate of drug-likeness (QED) is 0.545. The van der Waals surface area contributed by atoms with E-state index in [9.17, 15) is 0 Å². The van der Waals surface area contributed by atoms with Crippen molar-refractivity contribution in [3.8, 4) is 17.2 Å². The maximum absolute atomic E-state index is 5.68. The van der Waals surface area contributed by atoms with Crippen molar-refractivity contribution in [1.29, 1.82) is 0 Å². The van der Waals surface area contributed by atoms with E-state index in [4.69, 9.17) is 14.2 Å². The number of benzene rings is 2. The van der Waals surface area contributed by atoms with Crippen LogP contribution in [0.3, 0.4) is 0 Å². The summed E-state index contributed by atoms with van der Waals surface area (Å²) in [5.41, 5.74) is 1.88. The third-order valence-corrected chi connectivity index (χ3v) is 3.90. The Labute approximate surface area is 163 Å². The molecule has 146 valence electrons. The molecule has 8 heteroatoms. The highest BCUT2D eigenvalue weighted by Gasteiger charge is 2.07. The minimum Gasteiger partial charge on any atom is -0.497 e. The largest absolute Gasteiger partial charge is 0.497 e. The molecule has 3 aromatic rings. The Morgan fingerprint density at radius 1 is 0.964 bits per heavy atom. The Balaban J connectivity index is 1.54. The van der Waals surface area contributed by atoms with Gasteiger partial charge in [0.1, 0.15) is 23.9 Å². The summed E-state index contributed by atoms with van der Waals surface area (Å²) in [5.74, 6) is 3.26. The minimum atomic E-state index is 0.380. The monoisotopic (exact) mass is 381 g/mol. The van der Waals surface area contributed by atoms with E-state index in [2.05, 4.69) is 25.8 Å². The van der Waals surface area contributed by atoms with Gasteiger partial charge in [-0.3, -0.25) is 0 Å². The first-order valence-corrected chi connectivity index (χ1v) is 8.80. The third-order valence-electron chi connectivity index (χ3n) is 3.90. The Bertz CT molecular complexity index is 903. The molecule has 0 radical (unpaired) electrons. The molecular formula is C20H23N5O3. The molecule has 0 bridgehead atoms. The number of aromatic nitrogens is 3. The fourth-order valence-corrected chi connectivity index (χ4v) is 2.50. The Kier molecular flexibility index (Phi) is 6.46. The molecule has 1 aromatic heterocycles. The van der Waals surface area contributed by atoms with Crippen LogP contribution in [-0.2, 0) is 0 Å². The van der Waals surface area contributed by atoms with Crippen LogP contribution in [0.5, 0.6) is 17.2 Å². The van der Waals surface area contributed by atoms with Gasteiger partial charge in [-0.2, -0.15) is 10.1 Å². The summed E-state index contributed by atoms with van der Waals surface area (Å²) < 4.78 is 16.2. The number of methoxy groups -OCH3 is 2. The lowest BCUT2D eigenvalue weighted by molar-refractivity contribution is 0.331. The first-order chi connectivity index (χ1) is 13.7. The third kappa shape index (κ3) is 5.23. The molecule has 0 atom stereocenters. The predicted octanol–water partition coefficient (Wildman–Crippen LogP) is 3.43. The second kappa shape index (κ2) is 9.40. The summed E-state index contributed by atoms with van der Waals surface area (Å²) >= 11 is 0. The van der Waals surface area contributed by atoms with Gasteiger partial charge in [0.25, 0.3) is 0 Å². The van der Waals surface area contributed by atoms with E-state index in [1.807, 2.05) is 49.4 Å². The fraction of sp³-hybridized carbons (Fsp3) is 0.250. The molecule has 0 amide bonds. The smallest absolute Gasteiger partial charge is 0.249 e. The minimum absolute atomic E-state index is 0.380. The molecule has 0 unspecified atom stereocenters. The van der Waals surface area contributed by atoms with Gasteiger partial charge in [-0.05, 0) is 48.9 Å². The van der Waals surface area contributed by atoms with Crippen LogP contribution >= 0.6 is 0 Å². The molecular weight excluding hydrogens is 358 g/mol. The Morgan fingerprint density at radius 2 is 1.75 bits per heavy atom. The number of anilines is 3. The van der Waals surface area contributed by atoms with Crippen molar-refractivity contribution in [2.45, 2.75) is 6.92 Å². The zero-order valence-electron chi connectivity index (χ0n) is 16.1. The van der Waals surface area contributed by atoms with Gasteiger partial charge in [0.05, 0.1) is 32.6 Å². The van der Waals surface area contributed by atoms with Crippen molar-refractivity contribution in [2.24, 2.45) is 0 Å². The van der Waals surface area contributed by atoms with Crippen molar-refractivity contribution in [2.75, 3.05) is 38.0 Å². The van der Waals surface area contributed by atoms with Gasteiger partial charge in [-0.25, -0.2) is 0 Å². The molecule has 3 rings (SSSR count). The van der Waals surface area contributed by atoms with Crippen molar-refractivity contribution in [3.63, 3.8) is 0 Å². The number of rotatable bonds is 9. The van der Waals surface area contributed by atoms with E-state index >= 15 is 0 Å². The van der Waals surface area contributed by atoms with Gasteiger partial charge >= 0.3 is 0 Å². The Hall–Kier alpha value is -3.55. The molecule has 0 fully saturated rings. The van der Waals surface area contributed by atoms with Crippen LogP contribution in [0.4, 0.5) is 17.5 Å². The van der Waals surface area contributed by atoms with Crippen LogP contribution < -0.4 is 24.8 Å². The number of hydrogen-bond acceptors (Lipinski definition) is 8. The van der Waals surface area contributed by atoms with Crippen molar-refractivity contribution >= 4 is 17.5 Å². The zero-order valence-corrected chi connectivity index (χ0v) is 16.1. The summed E-state index contributed by atoms with van der Waals surface area (Å²) in [6.45, 7) is 3.05. The van der Waals surface area contributed by atoms with Gasteiger partial charge in [0, 0.05) is 0 Å². The molecule has 0 spiro atoms. The maximum atomic E-state index is 5.68. The summed E-state index contributed by atoms with van der Waals surface area (Å²) in [5, 5.41) is 14.3. The van der Waals surface area contributed by atoms with E-state index in [0.29, 0.717) is 30.7 Å². The molecule has 0 aliphatic carbocycles. The number of aryl methyl sites for hydroxylation is 1. The van der Waals surface area contributed by atoms with Crippen LogP contribution in [-0.4, -0.2) is 42.6 Å². The Morgan fingerprint density at radius 3 is 2.50 bits per heavy atom. The molecule has 1 heterocycles. The molecule has 0 saturated carbocycles. The molecule has 0 aliphatic heterocycles. The van der Waals surface area contributed by atoms with Crippen LogP contribution in [0.15, 0.2) is 48.7 Å². The van der Waals surface area contributed by atoms with E-state index in [-0.39, 0.29) is 0 Å². The van der Waals surface area contributed by atoms with Crippen molar-refractivity contribution in [3.05, 3.63) is 54.2 Å². The molecule has 0 aliphatic rings. The van der Waals surface area contributed by atoms with Gasteiger partial charge in [-0.1, -0.05) is 6.07 Å². The van der Waals surface area contributed by atoms with E-state index in [1.54, 1.807) is 20.4 Å². The second-order valence-electron chi connectivity index (χ2n) is 5.94. The van der Waals surface area contributed by atoms with Gasteiger partial charge in [-0.15, -0.1) is 5.10 Å². The number of nitrogens with one attached hydrogen (secondary N) is 2. The van der Waals surface area contributed by atoms with Gasteiger partial charge in [0.15, 0.2) is 5.82 Å². The van der Waals surface area contributed by atoms with E-state index in [1.165, 1.54) is 0 Å². The fourth-order valence-electron chi connectivity index (χ4n) is 2.50. The average Bonchev–Trinajstić information content (AvgIpc) is 2.72. The SMILES string of the molecule is COc1ccc(OCCNc2cnnc(Nc3cc(C)ccc3OC)n2)cc1. The van der Waals surface area contributed by atoms with Crippen LogP contribution in [0.1, 0.15) is 5.56 Å². The van der Waals surface area contributed by atoms with E-state index in [0.717, 1.165) is 22.7 Å². The first-order valence-electron chi connectivity index (χ1n) is 8.80. The van der Waals surface area contributed by atoms with Crippen molar-refractivity contribution < 1.29 is 14.2 Å². The zero-order chi connectivity index (χ0) is 19.8. The van der Waals surface area contributed by atoms with Crippen molar-refractivity contribution in [1.82, 2.24) is 15.2 Å². The normalized spacial score (nSPS) is 10.2. The first kappa shape index (κ1) is 19.2. The topological polar surface area (TPSA) is 90.4 Å². The van der Waals surface area contributed by atoms with Gasteiger partial charge in [0.2, 0.25) is 5.95 Å². The lowest BCUT2D eigenvalue weighted by Gasteiger charge is -2.11. The van der Waals surface area contributed by atoms with Crippen LogP contribution in [0, 0.1) is 6.92 Å². The predicted molar refractivity (Wildman–Crippen MR) is 108 cm³/mol. The highest BCUT2D eigenvalue weighted by Crippen LogP contribution is 2.27. The second-order valence-corrected chi connectivity index (χ2v) is 5.94. The van der Waals surface area contributed by atoms with Gasteiger partial charge < -0.3 is 24.8 Å². The highest BCUT2D eigenvalue weighted by atomic mass is 16.5. The number of ether oxygens (including phenoxy) is 3. The molecule has 8 nitrogen and oxygen atoms in total. The summed E-state index contributed by atoms with van der Waals surface area (Å²) in [7, 11) is 3.25. The van der Waals surface area contributed by atoms with Crippen LogP contribution in [0.2, 0.25) is 0 Å². The summed E-state index contributed by atoms with van der Waals surface area (Å²) in [6.07, 6.45) is 1.56. The highest BCUT2D eigenvalue weighted by molar-refractivity contribution is 5.63. The summed E-state index contributed by atoms with van der Waals surface area (Å²) in [6, 6.07) is 13.3. The molecule has 0 saturated heterocycles. The maximum Gasteiger partial charge on any atom is 0.249 e. The summed E-state index contributed by atoms with van der Waals surface area (Å²) in [4.78, 5) is 4.42.